The molecule has 2 aromatic rings. The van der Waals surface area contributed by atoms with Gasteiger partial charge in [-0.25, -0.2) is 0 Å². The molecule has 3 N–H and O–H groups in total. The van der Waals surface area contributed by atoms with Gasteiger partial charge in [0.25, 0.3) is 0 Å². The molecule has 140 valence electrons. The first-order valence-electron chi connectivity index (χ1n) is 8.80. The van der Waals surface area contributed by atoms with Crippen LogP contribution in [0.25, 0.3) is 0 Å². The van der Waals surface area contributed by atoms with Crippen molar-refractivity contribution in [1.29, 1.82) is 0 Å². The number of carbonyl (C=O) groups excluding carboxylic acids is 2. The molecule has 1 unspecified atom stereocenters. The highest BCUT2D eigenvalue weighted by atomic mass is 32.1. The lowest BCUT2D eigenvalue weighted by molar-refractivity contribution is -0.130. The molecule has 0 spiro atoms. The minimum absolute atomic E-state index is 0.0242. The van der Waals surface area contributed by atoms with Crippen molar-refractivity contribution in [3.8, 4) is 0 Å². The van der Waals surface area contributed by atoms with Gasteiger partial charge in [0.05, 0.1) is 6.42 Å². The number of piperazine rings is 1. The average Bonchev–Trinajstić information content (AvgIpc) is 2.64. The molecule has 0 saturated carbocycles. The number of amides is 2. The Hall–Kier alpha value is -2.93. The van der Waals surface area contributed by atoms with Crippen LogP contribution in [-0.4, -0.2) is 41.0 Å². The molecule has 6 nitrogen and oxygen atoms in total. The van der Waals surface area contributed by atoms with Gasteiger partial charge in [-0.3, -0.25) is 9.59 Å². The van der Waals surface area contributed by atoms with Gasteiger partial charge in [0.15, 0.2) is 5.11 Å². The Morgan fingerprint density at radius 1 is 1.15 bits per heavy atom. The SMILES string of the molecule is Cc1cccc(NC(=O)CC2C(=O)NCCN2C(=S)Nc2ccccc2)c1. The zero-order valence-electron chi connectivity index (χ0n) is 15.1. The number of hydrogen-bond acceptors (Lipinski definition) is 3. The van der Waals surface area contributed by atoms with Crippen LogP contribution >= 0.6 is 12.2 Å². The maximum atomic E-state index is 12.5. The van der Waals surface area contributed by atoms with Gasteiger partial charge >= 0.3 is 0 Å². The summed E-state index contributed by atoms with van der Waals surface area (Å²) in [5, 5.41) is 9.23. The van der Waals surface area contributed by atoms with Gasteiger partial charge in [0, 0.05) is 24.5 Å². The number of carbonyl (C=O) groups is 2. The molecule has 1 aliphatic rings. The normalized spacial score (nSPS) is 16.4. The average molecular weight is 382 g/mol. The fraction of sp³-hybridized carbons (Fsp3) is 0.250. The zero-order chi connectivity index (χ0) is 19.2. The quantitative estimate of drug-likeness (QED) is 0.709. The third-order valence-corrected chi connectivity index (χ3v) is 4.63. The van der Waals surface area contributed by atoms with Crippen LogP contribution in [0.4, 0.5) is 11.4 Å². The molecule has 7 heteroatoms. The number of aryl methyl sites for hydroxylation is 1. The van der Waals surface area contributed by atoms with E-state index >= 15 is 0 Å². The molecule has 2 aromatic carbocycles. The van der Waals surface area contributed by atoms with Crippen molar-refractivity contribution in [2.75, 3.05) is 23.7 Å². The van der Waals surface area contributed by atoms with Crippen LogP contribution in [-0.2, 0) is 9.59 Å². The highest BCUT2D eigenvalue weighted by Crippen LogP contribution is 2.15. The minimum Gasteiger partial charge on any atom is -0.353 e. The number of benzene rings is 2. The number of para-hydroxylation sites is 1. The molecular weight excluding hydrogens is 360 g/mol. The minimum atomic E-state index is -0.646. The molecule has 0 aliphatic carbocycles. The molecule has 0 radical (unpaired) electrons. The summed E-state index contributed by atoms with van der Waals surface area (Å²) < 4.78 is 0. The van der Waals surface area contributed by atoms with Gasteiger partial charge < -0.3 is 20.9 Å². The fourth-order valence-corrected chi connectivity index (χ4v) is 3.32. The Morgan fingerprint density at radius 3 is 2.63 bits per heavy atom. The third kappa shape index (κ3) is 5.04. The molecule has 2 amide bonds. The maximum Gasteiger partial charge on any atom is 0.243 e. The van der Waals surface area contributed by atoms with Crippen LogP contribution in [0.15, 0.2) is 54.6 Å². The molecule has 27 heavy (non-hydrogen) atoms. The molecule has 1 fully saturated rings. The first kappa shape index (κ1) is 18.8. The Kier molecular flexibility index (Phi) is 6.03. The maximum absolute atomic E-state index is 12.5. The van der Waals surface area contributed by atoms with Gasteiger partial charge in [-0.1, -0.05) is 30.3 Å². The first-order chi connectivity index (χ1) is 13.0. The van der Waals surface area contributed by atoms with E-state index in [9.17, 15) is 9.59 Å². The van der Waals surface area contributed by atoms with Crippen molar-refractivity contribution in [3.63, 3.8) is 0 Å². The number of nitrogens with zero attached hydrogens (tertiary/aromatic N) is 1. The predicted octanol–water partition coefficient (Wildman–Crippen LogP) is 2.52. The molecule has 1 heterocycles. The second-order valence-corrected chi connectivity index (χ2v) is 6.80. The summed E-state index contributed by atoms with van der Waals surface area (Å²) in [5.41, 5.74) is 2.61. The van der Waals surface area contributed by atoms with Crippen molar-refractivity contribution in [2.45, 2.75) is 19.4 Å². The summed E-state index contributed by atoms with van der Waals surface area (Å²) in [6, 6.07) is 16.4. The van der Waals surface area contributed by atoms with Crippen molar-refractivity contribution in [3.05, 3.63) is 60.2 Å². The largest absolute Gasteiger partial charge is 0.353 e. The molecular formula is C20H22N4O2S. The highest BCUT2D eigenvalue weighted by molar-refractivity contribution is 7.80. The van der Waals surface area contributed by atoms with Gasteiger partial charge in [-0.05, 0) is 49.0 Å². The number of thiocarbonyl (C=S) groups is 1. The van der Waals surface area contributed by atoms with Gasteiger partial charge in [0.2, 0.25) is 11.8 Å². The summed E-state index contributed by atoms with van der Waals surface area (Å²) >= 11 is 5.49. The van der Waals surface area contributed by atoms with Crippen molar-refractivity contribution in [2.24, 2.45) is 0 Å². The Labute approximate surface area is 163 Å². The van der Waals surface area contributed by atoms with Crippen LogP contribution in [0.1, 0.15) is 12.0 Å². The first-order valence-corrected chi connectivity index (χ1v) is 9.20. The molecule has 1 saturated heterocycles. The van der Waals surface area contributed by atoms with E-state index in [4.69, 9.17) is 12.2 Å². The van der Waals surface area contributed by atoms with Gasteiger partial charge in [0.1, 0.15) is 6.04 Å². The summed E-state index contributed by atoms with van der Waals surface area (Å²) in [4.78, 5) is 26.6. The van der Waals surface area contributed by atoms with Crippen molar-refractivity contribution < 1.29 is 9.59 Å². The number of nitrogens with one attached hydrogen (secondary N) is 3. The van der Waals surface area contributed by atoms with Crippen LogP contribution in [0.2, 0.25) is 0 Å². The summed E-state index contributed by atoms with van der Waals surface area (Å²) in [5.74, 6) is -0.423. The number of rotatable bonds is 4. The van der Waals surface area contributed by atoms with Gasteiger partial charge in [-0.15, -0.1) is 0 Å². The number of hydrogen-bond donors (Lipinski definition) is 3. The number of anilines is 2. The smallest absolute Gasteiger partial charge is 0.243 e. The van der Waals surface area contributed by atoms with E-state index in [1.165, 1.54) is 0 Å². The van der Waals surface area contributed by atoms with E-state index in [-0.39, 0.29) is 18.2 Å². The van der Waals surface area contributed by atoms with Gasteiger partial charge in [-0.2, -0.15) is 0 Å². The molecule has 0 aromatic heterocycles. The Bertz CT molecular complexity index is 841. The Balaban J connectivity index is 1.67. The van der Waals surface area contributed by atoms with E-state index in [0.717, 1.165) is 11.3 Å². The topological polar surface area (TPSA) is 73.5 Å². The van der Waals surface area contributed by atoms with Crippen molar-refractivity contribution in [1.82, 2.24) is 10.2 Å². The lowest BCUT2D eigenvalue weighted by Crippen LogP contribution is -2.58. The summed E-state index contributed by atoms with van der Waals surface area (Å²) in [6.07, 6.45) is 0.0242. The molecule has 3 rings (SSSR count). The van der Waals surface area contributed by atoms with E-state index in [2.05, 4.69) is 16.0 Å². The highest BCUT2D eigenvalue weighted by Gasteiger charge is 2.33. The monoisotopic (exact) mass is 382 g/mol. The lowest BCUT2D eigenvalue weighted by atomic mass is 10.1. The molecule has 1 aliphatic heterocycles. The van der Waals surface area contributed by atoms with E-state index in [1.807, 2.05) is 61.5 Å². The van der Waals surface area contributed by atoms with E-state index in [1.54, 1.807) is 4.90 Å². The van der Waals surface area contributed by atoms with Crippen LogP contribution in [0.3, 0.4) is 0 Å². The van der Waals surface area contributed by atoms with Crippen LogP contribution < -0.4 is 16.0 Å². The predicted molar refractivity (Wildman–Crippen MR) is 111 cm³/mol. The summed E-state index contributed by atoms with van der Waals surface area (Å²) in [7, 11) is 0. The van der Waals surface area contributed by atoms with Crippen LogP contribution in [0.5, 0.6) is 0 Å². The standard InChI is InChI=1S/C20H22N4O2S/c1-14-6-5-9-16(12-14)22-18(25)13-17-19(26)21-10-11-24(17)20(27)23-15-7-3-2-4-8-15/h2-9,12,17H,10-11,13H2,1H3,(H,21,26)(H,22,25)(H,23,27). The third-order valence-electron chi connectivity index (χ3n) is 4.30. The fourth-order valence-electron chi connectivity index (χ4n) is 2.99. The van der Waals surface area contributed by atoms with Crippen molar-refractivity contribution >= 4 is 40.5 Å². The summed E-state index contributed by atoms with van der Waals surface area (Å²) in [6.45, 7) is 3.00. The molecule has 0 bridgehead atoms. The zero-order valence-corrected chi connectivity index (χ0v) is 15.9. The second-order valence-electron chi connectivity index (χ2n) is 6.42. The van der Waals surface area contributed by atoms with E-state index < -0.39 is 6.04 Å². The van der Waals surface area contributed by atoms with E-state index in [0.29, 0.717) is 23.9 Å². The lowest BCUT2D eigenvalue weighted by Gasteiger charge is -2.36. The Morgan fingerprint density at radius 2 is 1.89 bits per heavy atom. The molecule has 1 atom stereocenters. The van der Waals surface area contributed by atoms with Crippen LogP contribution in [0, 0.1) is 6.92 Å². The second kappa shape index (κ2) is 8.64.